The monoisotopic (exact) mass is 287 g/mol. The first-order valence-electron chi connectivity index (χ1n) is 7.58. The van der Waals surface area contributed by atoms with E-state index in [1.54, 1.807) is 18.2 Å². The Morgan fingerprint density at radius 3 is 2.52 bits per heavy atom. The highest BCUT2D eigenvalue weighted by molar-refractivity contribution is 6.23. The highest BCUT2D eigenvalue weighted by atomic mass is 16.2. The highest BCUT2D eigenvalue weighted by Crippen LogP contribution is 2.28. The van der Waals surface area contributed by atoms with Gasteiger partial charge in [-0.3, -0.25) is 19.4 Å². The fourth-order valence-electron chi connectivity index (χ4n) is 3.26. The number of carbonyl (C=O) groups is 2. The maximum absolute atomic E-state index is 12.5. The number of carbonyl (C=O) groups excluding carboxylic acids is 2. The predicted molar refractivity (Wildman–Crippen MR) is 81.1 cm³/mol. The minimum absolute atomic E-state index is 0.189. The summed E-state index contributed by atoms with van der Waals surface area (Å²) < 4.78 is 0. The second kappa shape index (κ2) is 5.48. The Morgan fingerprint density at radius 2 is 1.86 bits per heavy atom. The van der Waals surface area contributed by atoms with Crippen LogP contribution >= 0.6 is 0 Å². The summed E-state index contributed by atoms with van der Waals surface area (Å²) in [5.74, 6) is -0.469. The van der Waals surface area contributed by atoms with Crippen LogP contribution in [0.3, 0.4) is 0 Å². The van der Waals surface area contributed by atoms with Crippen molar-refractivity contribution in [3.8, 4) is 0 Å². The fourth-order valence-corrected chi connectivity index (χ4v) is 3.26. The van der Waals surface area contributed by atoms with Crippen molar-refractivity contribution in [2.45, 2.75) is 32.2 Å². The van der Waals surface area contributed by atoms with Crippen molar-refractivity contribution in [1.82, 2.24) is 9.80 Å². The second-order valence-electron chi connectivity index (χ2n) is 5.94. The SMILES string of the molecule is CC(CN1C(=O)c2cccc(N)c2C1=O)N1CCCCC1. The standard InChI is InChI=1S/C16H21N3O2/c1-11(18-8-3-2-4-9-18)10-19-15(20)12-6-5-7-13(17)14(12)16(19)21/h5-7,11H,2-4,8-10,17H2,1H3. The molecule has 112 valence electrons. The number of hydrogen-bond donors (Lipinski definition) is 1. The summed E-state index contributed by atoms with van der Waals surface area (Å²) in [6, 6.07) is 5.25. The number of imide groups is 1. The zero-order chi connectivity index (χ0) is 15.0. The lowest BCUT2D eigenvalue weighted by atomic mass is 10.1. The van der Waals surface area contributed by atoms with Crippen LogP contribution in [0.1, 0.15) is 46.9 Å². The van der Waals surface area contributed by atoms with E-state index >= 15 is 0 Å². The maximum atomic E-state index is 12.5. The molecule has 0 aromatic heterocycles. The van der Waals surface area contributed by atoms with Crippen molar-refractivity contribution >= 4 is 17.5 Å². The minimum atomic E-state index is -0.253. The molecule has 5 nitrogen and oxygen atoms in total. The van der Waals surface area contributed by atoms with Gasteiger partial charge >= 0.3 is 0 Å². The van der Waals surface area contributed by atoms with Crippen LogP contribution in [-0.4, -0.2) is 47.3 Å². The van der Waals surface area contributed by atoms with Gasteiger partial charge in [-0.25, -0.2) is 0 Å². The van der Waals surface area contributed by atoms with Gasteiger partial charge in [0.1, 0.15) is 0 Å². The molecule has 0 bridgehead atoms. The van der Waals surface area contributed by atoms with E-state index in [9.17, 15) is 9.59 Å². The first-order valence-corrected chi connectivity index (χ1v) is 7.58. The Kier molecular flexibility index (Phi) is 3.68. The Labute approximate surface area is 124 Å². The maximum Gasteiger partial charge on any atom is 0.263 e. The summed E-state index contributed by atoms with van der Waals surface area (Å²) in [7, 11) is 0. The van der Waals surface area contributed by atoms with E-state index in [0.29, 0.717) is 23.4 Å². The smallest absolute Gasteiger partial charge is 0.263 e. The molecule has 1 saturated heterocycles. The molecule has 0 aliphatic carbocycles. The van der Waals surface area contributed by atoms with Crippen LogP contribution in [0.4, 0.5) is 5.69 Å². The molecule has 3 rings (SSSR count). The number of anilines is 1. The highest BCUT2D eigenvalue weighted by Gasteiger charge is 2.38. The molecule has 2 amide bonds. The zero-order valence-electron chi connectivity index (χ0n) is 12.3. The van der Waals surface area contributed by atoms with Crippen molar-refractivity contribution < 1.29 is 9.59 Å². The molecular weight excluding hydrogens is 266 g/mol. The van der Waals surface area contributed by atoms with Crippen LogP contribution < -0.4 is 5.73 Å². The van der Waals surface area contributed by atoms with Gasteiger partial charge < -0.3 is 5.73 Å². The quantitative estimate of drug-likeness (QED) is 0.679. The molecule has 2 aliphatic rings. The molecule has 1 atom stereocenters. The topological polar surface area (TPSA) is 66.6 Å². The van der Waals surface area contributed by atoms with Crippen LogP contribution in [0.5, 0.6) is 0 Å². The summed E-state index contributed by atoms with van der Waals surface area (Å²) in [5.41, 5.74) is 7.04. The summed E-state index contributed by atoms with van der Waals surface area (Å²) in [5, 5.41) is 0. The average molecular weight is 287 g/mol. The summed E-state index contributed by atoms with van der Waals surface area (Å²) in [6.07, 6.45) is 3.66. The normalized spacial score (nSPS) is 20.7. The Bertz CT molecular complexity index is 579. The molecule has 1 aromatic carbocycles. The third kappa shape index (κ3) is 2.42. The molecule has 2 heterocycles. The van der Waals surface area contributed by atoms with E-state index in [0.717, 1.165) is 13.1 Å². The van der Waals surface area contributed by atoms with Crippen LogP contribution in [0, 0.1) is 0 Å². The first kappa shape index (κ1) is 14.1. The number of nitrogens with zero attached hydrogens (tertiary/aromatic N) is 2. The van der Waals surface area contributed by atoms with Crippen molar-refractivity contribution in [2.75, 3.05) is 25.4 Å². The van der Waals surface area contributed by atoms with Gasteiger partial charge in [0, 0.05) is 18.3 Å². The van der Waals surface area contributed by atoms with Crippen molar-refractivity contribution in [3.05, 3.63) is 29.3 Å². The van der Waals surface area contributed by atoms with E-state index < -0.39 is 0 Å². The molecule has 1 fully saturated rings. The van der Waals surface area contributed by atoms with Crippen LogP contribution in [0.25, 0.3) is 0 Å². The minimum Gasteiger partial charge on any atom is -0.398 e. The summed E-state index contributed by atoms with van der Waals surface area (Å²) >= 11 is 0. The van der Waals surface area contributed by atoms with Crippen LogP contribution in [-0.2, 0) is 0 Å². The number of fused-ring (bicyclic) bond motifs is 1. The molecule has 1 aromatic rings. The van der Waals surface area contributed by atoms with Gasteiger partial charge in [0.2, 0.25) is 0 Å². The molecule has 5 heteroatoms. The number of rotatable bonds is 3. The largest absolute Gasteiger partial charge is 0.398 e. The van der Waals surface area contributed by atoms with Gasteiger partial charge in [-0.05, 0) is 45.0 Å². The van der Waals surface area contributed by atoms with Gasteiger partial charge in [0.25, 0.3) is 11.8 Å². The van der Waals surface area contributed by atoms with Gasteiger partial charge in [-0.2, -0.15) is 0 Å². The summed E-state index contributed by atoms with van der Waals surface area (Å²) in [4.78, 5) is 28.6. The van der Waals surface area contributed by atoms with Crippen molar-refractivity contribution in [3.63, 3.8) is 0 Å². The van der Waals surface area contributed by atoms with E-state index in [4.69, 9.17) is 5.73 Å². The van der Waals surface area contributed by atoms with Gasteiger partial charge in [-0.1, -0.05) is 12.5 Å². The zero-order valence-corrected chi connectivity index (χ0v) is 12.3. The van der Waals surface area contributed by atoms with E-state index in [1.807, 2.05) is 0 Å². The molecule has 2 N–H and O–H groups in total. The third-order valence-electron chi connectivity index (χ3n) is 4.49. The van der Waals surface area contributed by atoms with E-state index in [-0.39, 0.29) is 17.9 Å². The third-order valence-corrected chi connectivity index (χ3v) is 4.49. The lowest BCUT2D eigenvalue weighted by Crippen LogP contribution is -2.46. The molecule has 21 heavy (non-hydrogen) atoms. The van der Waals surface area contributed by atoms with E-state index in [2.05, 4.69) is 11.8 Å². The summed E-state index contributed by atoms with van der Waals surface area (Å²) in [6.45, 7) is 4.61. The Morgan fingerprint density at radius 1 is 1.14 bits per heavy atom. The van der Waals surface area contributed by atoms with Crippen molar-refractivity contribution in [2.24, 2.45) is 0 Å². The number of amides is 2. The second-order valence-corrected chi connectivity index (χ2v) is 5.94. The van der Waals surface area contributed by atoms with E-state index in [1.165, 1.54) is 24.2 Å². The lowest BCUT2D eigenvalue weighted by molar-refractivity contribution is 0.0585. The molecule has 0 radical (unpaired) electrons. The molecule has 1 unspecified atom stereocenters. The van der Waals surface area contributed by atoms with Gasteiger partial charge in [-0.15, -0.1) is 0 Å². The fraction of sp³-hybridized carbons (Fsp3) is 0.500. The van der Waals surface area contributed by atoms with Gasteiger partial charge in [0.05, 0.1) is 11.1 Å². The number of hydrogen-bond acceptors (Lipinski definition) is 4. The number of nitrogens with two attached hydrogens (primary N) is 1. The lowest BCUT2D eigenvalue weighted by Gasteiger charge is -2.34. The Balaban J connectivity index is 1.77. The number of piperidine rings is 1. The average Bonchev–Trinajstić information content (AvgIpc) is 2.74. The van der Waals surface area contributed by atoms with Crippen LogP contribution in [0.15, 0.2) is 18.2 Å². The number of likely N-dealkylation sites (tertiary alicyclic amines) is 1. The molecular formula is C16H21N3O2. The molecule has 2 aliphatic heterocycles. The Hall–Kier alpha value is -1.88. The van der Waals surface area contributed by atoms with Crippen molar-refractivity contribution in [1.29, 1.82) is 0 Å². The number of nitrogen functional groups attached to an aromatic ring is 1. The predicted octanol–water partition coefficient (Wildman–Crippen LogP) is 1.74. The van der Waals surface area contributed by atoms with Crippen LogP contribution in [0.2, 0.25) is 0 Å². The first-order chi connectivity index (χ1) is 10.1. The molecule has 0 saturated carbocycles. The van der Waals surface area contributed by atoms with Gasteiger partial charge in [0.15, 0.2) is 0 Å². The molecule has 0 spiro atoms. The number of benzene rings is 1.